The van der Waals surface area contributed by atoms with Crippen LogP contribution in [0.15, 0.2) is 24.4 Å². The zero-order valence-corrected chi connectivity index (χ0v) is 9.27. The number of hydrogen-bond acceptors (Lipinski definition) is 3. The van der Waals surface area contributed by atoms with Gasteiger partial charge in [0.15, 0.2) is 0 Å². The van der Waals surface area contributed by atoms with Gasteiger partial charge in [-0.3, -0.25) is 4.68 Å². The van der Waals surface area contributed by atoms with E-state index in [9.17, 15) is 8.78 Å². The molecule has 2 aromatic rings. The molecular weight excluding hydrogens is 226 g/mol. The number of nitrogens with two attached hydrogens (primary N) is 1. The summed E-state index contributed by atoms with van der Waals surface area (Å²) < 4.78 is 28.3. The van der Waals surface area contributed by atoms with E-state index in [1.54, 1.807) is 7.05 Å². The van der Waals surface area contributed by atoms with Crippen LogP contribution in [0.25, 0.3) is 0 Å². The van der Waals surface area contributed by atoms with E-state index in [2.05, 4.69) is 10.3 Å². The van der Waals surface area contributed by atoms with Crippen LogP contribution in [0.5, 0.6) is 0 Å². The van der Waals surface area contributed by atoms with Crippen LogP contribution in [-0.2, 0) is 13.5 Å². The Morgan fingerprint density at radius 1 is 1.35 bits per heavy atom. The van der Waals surface area contributed by atoms with E-state index in [-0.39, 0.29) is 12.0 Å². The van der Waals surface area contributed by atoms with E-state index < -0.39 is 17.7 Å². The molecule has 0 radical (unpaired) electrons. The van der Waals surface area contributed by atoms with E-state index in [0.717, 1.165) is 0 Å². The van der Waals surface area contributed by atoms with Gasteiger partial charge in [0.2, 0.25) is 0 Å². The van der Waals surface area contributed by atoms with Gasteiger partial charge in [-0.1, -0.05) is 11.3 Å². The van der Waals surface area contributed by atoms with Crippen LogP contribution in [0.3, 0.4) is 0 Å². The zero-order chi connectivity index (χ0) is 12.4. The molecule has 1 unspecified atom stereocenters. The predicted molar refractivity (Wildman–Crippen MR) is 58.0 cm³/mol. The number of aromatic nitrogens is 3. The highest BCUT2D eigenvalue weighted by atomic mass is 19.1. The minimum absolute atomic E-state index is 0.0128. The molecule has 90 valence electrons. The summed E-state index contributed by atoms with van der Waals surface area (Å²) in [7, 11) is 1.68. The Labute approximate surface area is 97.0 Å². The summed E-state index contributed by atoms with van der Waals surface area (Å²) >= 11 is 0. The number of hydrogen-bond donors (Lipinski definition) is 1. The molecule has 0 aliphatic rings. The minimum Gasteiger partial charge on any atom is -0.322 e. The smallest absolute Gasteiger partial charge is 0.129 e. The quantitative estimate of drug-likeness (QED) is 0.877. The highest BCUT2D eigenvalue weighted by Gasteiger charge is 2.16. The SMILES string of the molecule is Cn1nncc1C(N)Cc1c(F)cccc1F. The second kappa shape index (κ2) is 4.58. The van der Waals surface area contributed by atoms with Crippen LogP contribution in [0, 0.1) is 11.6 Å². The van der Waals surface area contributed by atoms with Crippen LogP contribution in [0.2, 0.25) is 0 Å². The van der Waals surface area contributed by atoms with Crippen LogP contribution in [0.4, 0.5) is 8.78 Å². The Hall–Kier alpha value is -1.82. The molecular formula is C11H12F2N4. The number of rotatable bonds is 3. The first-order valence-corrected chi connectivity index (χ1v) is 5.12. The average Bonchev–Trinajstić information content (AvgIpc) is 2.70. The van der Waals surface area contributed by atoms with Crippen molar-refractivity contribution in [1.29, 1.82) is 0 Å². The molecule has 0 saturated heterocycles. The molecule has 0 bridgehead atoms. The van der Waals surface area contributed by atoms with Gasteiger partial charge in [0, 0.05) is 12.6 Å². The lowest BCUT2D eigenvalue weighted by Crippen LogP contribution is -2.18. The first kappa shape index (κ1) is 11.7. The largest absolute Gasteiger partial charge is 0.322 e. The van der Waals surface area contributed by atoms with Crippen molar-refractivity contribution < 1.29 is 8.78 Å². The van der Waals surface area contributed by atoms with Crippen LogP contribution in [0.1, 0.15) is 17.3 Å². The fraction of sp³-hybridized carbons (Fsp3) is 0.273. The van der Waals surface area contributed by atoms with Crippen molar-refractivity contribution in [2.45, 2.75) is 12.5 Å². The monoisotopic (exact) mass is 238 g/mol. The maximum Gasteiger partial charge on any atom is 0.129 e. The van der Waals surface area contributed by atoms with Gasteiger partial charge in [-0.15, -0.1) is 5.10 Å². The molecule has 2 N–H and O–H groups in total. The molecule has 1 aromatic heterocycles. The van der Waals surface area contributed by atoms with Crippen LogP contribution >= 0.6 is 0 Å². The van der Waals surface area contributed by atoms with Crippen LogP contribution < -0.4 is 5.73 Å². The first-order valence-electron chi connectivity index (χ1n) is 5.12. The average molecular weight is 238 g/mol. The predicted octanol–water partition coefficient (Wildman–Crippen LogP) is 1.34. The van der Waals surface area contributed by atoms with Crippen molar-refractivity contribution in [3.8, 4) is 0 Å². The van der Waals surface area contributed by atoms with E-state index in [0.29, 0.717) is 5.69 Å². The minimum atomic E-state index is -0.587. The normalized spacial score (nSPS) is 12.7. The lowest BCUT2D eigenvalue weighted by Gasteiger charge is -2.12. The maximum absolute atomic E-state index is 13.4. The molecule has 0 fully saturated rings. The summed E-state index contributed by atoms with van der Waals surface area (Å²) in [6, 6.07) is 3.21. The summed E-state index contributed by atoms with van der Waals surface area (Å²) in [5, 5.41) is 7.40. The lowest BCUT2D eigenvalue weighted by molar-refractivity contribution is 0.528. The van der Waals surface area contributed by atoms with E-state index in [1.165, 1.54) is 29.1 Å². The Morgan fingerprint density at radius 3 is 2.53 bits per heavy atom. The fourth-order valence-corrected chi connectivity index (χ4v) is 1.69. The highest BCUT2D eigenvalue weighted by Crippen LogP contribution is 2.19. The highest BCUT2D eigenvalue weighted by molar-refractivity contribution is 5.22. The number of nitrogens with zero attached hydrogens (tertiary/aromatic N) is 3. The van der Waals surface area contributed by atoms with Crippen molar-refractivity contribution in [3.63, 3.8) is 0 Å². The molecule has 0 spiro atoms. The van der Waals surface area contributed by atoms with Crippen molar-refractivity contribution >= 4 is 0 Å². The molecule has 17 heavy (non-hydrogen) atoms. The Balaban J connectivity index is 2.25. The van der Waals surface area contributed by atoms with Gasteiger partial charge < -0.3 is 5.73 Å². The van der Waals surface area contributed by atoms with Crippen molar-refractivity contribution in [1.82, 2.24) is 15.0 Å². The molecule has 1 heterocycles. The third kappa shape index (κ3) is 2.31. The summed E-state index contributed by atoms with van der Waals surface area (Å²) in [6.07, 6.45) is 1.56. The van der Waals surface area contributed by atoms with Crippen molar-refractivity contribution in [3.05, 3.63) is 47.3 Å². The first-order chi connectivity index (χ1) is 8.09. The van der Waals surface area contributed by atoms with E-state index >= 15 is 0 Å². The van der Waals surface area contributed by atoms with Gasteiger partial charge in [-0.05, 0) is 18.6 Å². The van der Waals surface area contributed by atoms with E-state index in [1.807, 2.05) is 0 Å². The molecule has 4 nitrogen and oxygen atoms in total. The van der Waals surface area contributed by atoms with Gasteiger partial charge in [0.25, 0.3) is 0 Å². The topological polar surface area (TPSA) is 56.7 Å². The van der Waals surface area contributed by atoms with Gasteiger partial charge in [-0.25, -0.2) is 8.78 Å². The van der Waals surface area contributed by atoms with Gasteiger partial charge in [0.1, 0.15) is 11.6 Å². The molecule has 6 heteroatoms. The third-order valence-corrected chi connectivity index (χ3v) is 2.62. The second-order valence-corrected chi connectivity index (χ2v) is 3.79. The standard InChI is InChI=1S/C11H12F2N4/c1-17-11(6-15-16-17)10(14)5-7-8(12)3-2-4-9(7)13/h2-4,6,10H,5,14H2,1H3. The molecule has 0 aliphatic heterocycles. The maximum atomic E-state index is 13.4. The third-order valence-electron chi connectivity index (χ3n) is 2.62. The molecule has 1 atom stereocenters. The molecule has 2 rings (SSSR count). The molecule has 0 saturated carbocycles. The second-order valence-electron chi connectivity index (χ2n) is 3.79. The van der Waals surface area contributed by atoms with E-state index in [4.69, 9.17) is 5.73 Å². The summed E-state index contributed by atoms with van der Waals surface area (Å²) in [5.74, 6) is -1.17. The summed E-state index contributed by atoms with van der Waals surface area (Å²) in [5.41, 5.74) is 6.50. The van der Waals surface area contributed by atoms with Crippen LogP contribution in [-0.4, -0.2) is 15.0 Å². The summed E-state index contributed by atoms with van der Waals surface area (Å²) in [6.45, 7) is 0. The van der Waals surface area contributed by atoms with Crippen molar-refractivity contribution in [2.24, 2.45) is 12.8 Å². The Kier molecular flexibility index (Phi) is 3.14. The lowest BCUT2D eigenvalue weighted by atomic mass is 10.0. The summed E-state index contributed by atoms with van der Waals surface area (Å²) in [4.78, 5) is 0. The van der Waals surface area contributed by atoms with Crippen molar-refractivity contribution in [2.75, 3.05) is 0 Å². The Morgan fingerprint density at radius 2 is 2.00 bits per heavy atom. The molecule has 1 aromatic carbocycles. The number of halogens is 2. The number of benzene rings is 1. The number of aryl methyl sites for hydroxylation is 1. The Bertz CT molecular complexity index is 504. The van der Waals surface area contributed by atoms with Gasteiger partial charge in [0.05, 0.1) is 17.9 Å². The fourth-order valence-electron chi connectivity index (χ4n) is 1.69. The van der Waals surface area contributed by atoms with Gasteiger partial charge >= 0.3 is 0 Å². The zero-order valence-electron chi connectivity index (χ0n) is 9.27. The molecule has 0 amide bonds. The van der Waals surface area contributed by atoms with Gasteiger partial charge in [-0.2, -0.15) is 0 Å². The molecule has 0 aliphatic carbocycles.